The fourth-order valence-corrected chi connectivity index (χ4v) is 3.32. The molecule has 3 rings (SSSR count). The van der Waals surface area contributed by atoms with Gasteiger partial charge in [0, 0.05) is 27.8 Å². The summed E-state index contributed by atoms with van der Waals surface area (Å²) in [6.45, 7) is 0. The van der Waals surface area contributed by atoms with Crippen LogP contribution in [0, 0.1) is 5.82 Å². The second-order valence-electron chi connectivity index (χ2n) is 5.87. The van der Waals surface area contributed by atoms with Gasteiger partial charge in [-0.25, -0.2) is 9.37 Å². The predicted octanol–water partition coefficient (Wildman–Crippen LogP) is 4.35. The topological polar surface area (TPSA) is 75.9 Å². The first kappa shape index (κ1) is 17.2. The largest absolute Gasteiger partial charge is 0.350 e. The maximum atomic E-state index is 14.0. The van der Waals surface area contributed by atoms with Gasteiger partial charge < -0.3 is 16.4 Å². The van der Waals surface area contributed by atoms with Crippen molar-refractivity contribution in [3.05, 3.63) is 40.3 Å². The smallest absolute Gasteiger partial charge is 0.225 e. The van der Waals surface area contributed by atoms with Crippen LogP contribution in [-0.4, -0.2) is 22.1 Å². The Morgan fingerprint density at radius 3 is 2.54 bits per heavy atom. The maximum absolute atomic E-state index is 14.0. The zero-order valence-electron chi connectivity index (χ0n) is 12.9. The van der Waals surface area contributed by atoms with Crippen LogP contribution in [-0.2, 0) is 0 Å². The molecule has 1 saturated carbocycles. The highest BCUT2D eigenvalue weighted by atomic mass is 35.5. The molecule has 1 aromatic carbocycles. The third kappa shape index (κ3) is 4.26. The van der Waals surface area contributed by atoms with Gasteiger partial charge in [0.2, 0.25) is 5.95 Å². The monoisotopic (exact) mass is 369 g/mol. The summed E-state index contributed by atoms with van der Waals surface area (Å²) in [6, 6.07) is 5.02. The van der Waals surface area contributed by atoms with E-state index >= 15 is 0 Å². The fraction of sp³-hybridized carbons (Fsp3) is 0.375. The van der Waals surface area contributed by atoms with E-state index in [2.05, 4.69) is 20.6 Å². The first-order valence-corrected chi connectivity index (χ1v) is 8.54. The Balaban J connectivity index is 1.78. The third-order valence-corrected chi connectivity index (χ3v) is 4.44. The van der Waals surface area contributed by atoms with Gasteiger partial charge >= 0.3 is 0 Å². The van der Waals surface area contributed by atoms with Crippen LogP contribution in [0.1, 0.15) is 25.7 Å². The van der Waals surface area contributed by atoms with Crippen LogP contribution in [0.5, 0.6) is 0 Å². The lowest BCUT2D eigenvalue weighted by Crippen LogP contribution is -2.43. The third-order valence-electron chi connectivity index (χ3n) is 4.00. The fourth-order valence-electron chi connectivity index (χ4n) is 2.79. The summed E-state index contributed by atoms with van der Waals surface area (Å²) in [6.07, 6.45) is 5.28. The molecule has 1 heterocycles. The van der Waals surface area contributed by atoms with Crippen LogP contribution in [0.15, 0.2) is 24.4 Å². The van der Waals surface area contributed by atoms with Gasteiger partial charge in [0.05, 0.1) is 6.20 Å². The molecule has 0 bridgehead atoms. The molecule has 0 amide bonds. The van der Waals surface area contributed by atoms with E-state index in [-0.39, 0.29) is 17.9 Å². The van der Waals surface area contributed by atoms with E-state index in [1.165, 1.54) is 0 Å². The highest BCUT2D eigenvalue weighted by molar-refractivity contribution is 6.35. The Labute approximate surface area is 149 Å². The molecule has 0 spiro atoms. The molecule has 4 N–H and O–H groups in total. The Hall–Kier alpha value is -1.63. The zero-order valence-corrected chi connectivity index (χ0v) is 14.4. The molecule has 2 atom stereocenters. The minimum Gasteiger partial charge on any atom is -0.350 e. The average Bonchev–Trinajstić information content (AvgIpc) is 2.52. The van der Waals surface area contributed by atoms with Crippen LogP contribution >= 0.6 is 23.2 Å². The van der Waals surface area contributed by atoms with Gasteiger partial charge in [-0.15, -0.1) is 0 Å². The maximum Gasteiger partial charge on any atom is 0.225 e. The van der Waals surface area contributed by atoms with Crippen molar-refractivity contribution in [3.63, 3.8) is 0 Å². The van der Waals surface area contributed by atoms with Gasteiger partial charge in [0.1, 0.15) is 0 Å². The van der Waals surface area contributed by atoms with Crippen LogP contribution in [0.4, 0.5) is 21.8 Å². The van der Waals surface area contributed by atoms with Crippen LogP contribution in [0.2, 0.25) is 10.0 Å². The number of hydrogen-bond acceptors (Lipinski definition) is 5. The normalized spacial score (nSPS) is 20.7. The van der Waals surface area contributed by atoms with Gasteiger partial charge in [-0.3, -0.25) is 0 Å². The van der Waals surface area contributed by atoms with Crippen molar-refractivity contribution in [2.24, 2.45) is 5.73 Å². The van der Waals surface area contributed by atoms with E-state index < -0.39 is 5.82 Å². The first-order valence-electron chi connectivity index (χ1n) is 7.79. The molecule has 0 aliphatic heterocycles. The summed E-state index contributed by atoms with van der Waals surface area (Å²) in [4.78, 5) is 8.20. The number of aromatic nitrogens is 2. The van der Waals surface area contributed by atoms with E-state index in [9.17, 15) is 4.39 Å². The lowest BCUT2D eigenvalue weighted by Gasteiger charge is -2.29. The van der Waals surface area contributed by atoms with Gasteiger partial charge in [-0.2, -0.15) is 4.98 Å². The number of nitrogens with zero attached hydrogens (tertiary/aromatic N) is 2. The Morgan fingerprint density at radius 2 is 1.83 bits per heavy atom. The Morgan fingerprint density at radius 1 is 1.12 bits per heavy atom. The zero-order chi connectivity index (χ0) is 17.1. The summed E-state index contributed by atoms with van der Waals surface area (Å²) in [5.74, 6) is -0.172. The van der Waals surface area contributed by atoms with Crippen molar-refractivity contribution < 1.29 is 4.39 Å². The van der Waals surface area contributed by atoms with Crippen molar-refractivity contribution in [1.29, 1.82) is 0 Å². The first-order chi connectivity index (χ1) is 11.5. The van der Waals surface area contributed by atoms with Crippen LogP contribution in [0.3, 0.4) is 0 Å². The average molecular weight is 370 g/mol. The standard InChI is InChI=1S/C16H18Cl2FN5/c17-9-5-10(18)7-11(6-9)22-15-12(19)8-21-16(24-15)23-14-4-2-1-3-13(14)20/h5-8,13-14H,1-4,20H2,(H2,21,22,23,24)/t13-,14-/m1/s1. The molecular formula is C16H18Cl2FN5. The molecule has 0 radical (unpaired) electrons. The van der Waals surface area contributed by atoms with Crippen molar-refractivity contribution in [2.75, 3.05) is 10.6 Å². The minimum absolute atomic E-state index is 0.0511. The number of nitrogens with two attached hydrogens (primary N) is 1. The van der Waals surface area contributed by atoms with Crippen LogP contribution in [0.25, 0.3) is 0 Å². The summed E-state index contributed by atoms with van der Waals surface area (Å²) >= 11 is 11.9. The number of anilines is 3. The Kier molecular flexibility index (Phi) is 5.38. The quantitative estimate of drug-likeness (QED) is 0.746. The van der Waals surface area contributed by atoms with Crippen molar-refractivity contribution in [1.82, 2.24) is 9.97 Å². The lowest BCUT2D eigenvalue weighted by molar-refractivity contribution is 0.402. The number of nitrogens with one attached hydrogen (secondary N) is 2. The highest BCUT2D eigenvalue weighted by Gasteiger charge is 2.22. The van der Waals surface area contributed by atoms with Crippen molar-refractivity contribution >= 4 is 40.7 Å². The Bertz CT molecular complexity index is 707. The van der Waals surface area contributed by atoms with E-state index in [1.807, 2.05) is 0 Å². The second kappa shape index (κ2) is 7.51. The molecule has 24 heavy (non-hydrogen) atoms. The summed E-state index contributed by atoms with van der Waals surface area (Å²) < 4.78 is 14.0. The van der Waals surface area contributed by atoms with Gasteiger partial charge in [-0.1, -0.05) is 36.0 Å². The number of hydrogen-bond donors (Lipinski definition) is 3. The summed E-state index contributed by atoms with van der Waals surface area (Å²) in [5, 5.41) is 6.98. The number of halogens is 3. The SMILES string of the molecule is N[C@@H]1CCCC[C@H]1Nc1ncc(F)c(Nc2cc(Cl)cc(Cl)c2)n1. The molecule has 5 nitrogen and oxygen atoms in total. The van der Waals surface area contributed by atoms with Gasteiger partial charge in [-0.05, 0) is 31.0 Å². The van der Waals surface area contributed by atoms with Crippen molar-refractivity contribution in [3.8, 4) is 0 Å². The second-order valence-corrected chi connectivity index (χ2v) is 6.75. The van der Waals surface area contributed by atoms with Crippen LogP contribution < -0.4 is 16.4 Å². The molecule has 0 unspecified atom stereocenters. The minimum atomic E-state index is -0.565. The predicted molar refractivity (Wildman–Crippen MR) is 95.6 cm³/mol. The molecule has 2 aromatic rings. The highest BCUT2D eigenvalue weighted by Crippen LogP contribution is 2.26. The van der Waals surface area contributed by atoms with Gasteiger partial charge in [0.25, 0.3) is 0 Å². The number of rotatable bonds is 4. The van der Waals surface area contributed by atoms with Crippen molar-refractivity contribution in [2.45, 2.75) is 37.8 Å². The summed E-state index contributed by atoms with van der Waals surface area (Å²) in [7, 11) is 0. The number of benzene rings is 1. The molecule has 1 aromatic heterocycles. The van der Waals surface area contributed by atoms with Gasteiger partial charge in [0.15, 0.2) is 11.6 Å². The molecule has 128 valence electrons. The molecule has 1 fully saturated rings. The molecule has 0 saturated heterocycles. The lowest BCUT2D eigenvalue weighted by atomic mass is 9.91. The van der Waals surface area contributed by atoms with E-state index in [4.69, 9.17) is 28.9 Å². The van der Waals surface area contributed by atoms with E-state index in [0.29, 0.717) is 21.7 Å². The van der Waals surface area contributed by atoms with E-state index in [0.717, 1.165) is 31.9 Å². The molecular weight excluding hydrogens is 352 g/mol. The molecule has 8 heteroatoms. The molecule has 1 aliphatic carbocycles. The summed E-state index contributed by atoms with van der Waals surface area (Å²) in [5.41, 5.74) is 6.66. The molecule has 1 aliphatic rings. The van der Waals surface area contributed by atoms with E-state index in [1.54, 1.807) is 18.2 Å².